The van der Waals surface area contributed by atoms with Crippen molar-refractivity contribution in [3.05, 3.63) is 251 Å². The average molecular weight is 747 g/mol. The monoisotopic (exact) mass is 746 g/mol. The van der Waals surface area contributed by atoms with Crippen molar-refractivity contribution in [2.75, 3.05) is 0 Å². The van der Waals surface area contributed by atoms with Crippen LogP contribution in [0.25, 0.3) is 66.1 Å². The molecule has 1 unspecified atom stereocenters. The van der Waals surface area contributed by atoms with E-state index in [0.717, 1.165) is 11.5 Å². The highest BCUT2D eigenvalue weighted by Crippen LogP contribution is 2.66. The fraction of sp³-hybridized carbons (Fsp3) is 0.0345. The molecular weight excluding hydrogens is 713 g/mol. The molecule has 10 aromatic rings. The summed E-state index contributed by atoms with van der Waals surface area (Å²) in [7, 11) is 0. The first kappa shape index (κ1) is 31.6. The van der Waals surface area contributed by atoms with Gasteiger partial charge in [-0.3, -0.25) is 0 Å². The van der Waals surface area contributed by atoms with Gasteiger partial charge in [-0.15, -0.1) is 0 Å². The van der Waals surface area contributed by atoms with Gasteiger partial charge >= 0.3 is 0 Å². The Morgan fingerprint density at radius 3 is 1.59 bits per heavy atom. The summed E-state index contributed by atoms with van der Waals surface area (Å²) >= 11 is 0. The minimum Gasteiger partial charge on any atom is -0.457 e. The van der Waals surface area contributed by atoms with Gasteiger partial charge in [0.1, 0.15) is 11.5 Å². The Bertz CT molecular complexity index is 3450. The lowest BCUT2D eigenvalue weighted by Crippen LogP contribution is -2.32. The fourth-order valence-electron chi connectivity index (χ4n) is 11.9. The van der Waals surface area contributed by atoms with Crippen molar-refractivity contribution in [2.24, 2.45) is 0 Å². The predicted molar refractivity (Wildman–Crippen MR) is 241 cm³/mol. The van der Waals surface area contributed by atoms with Crippen LogP contribution >= 0.6 is 0 Å². The second kappa shape index (κ2) is 11.1. The van der Waals surface area contributed by atoms with E-state index >= 15 is 0 Å². The summed E-state index contributed by atoms with van der Waals surface area (Å²) in [4.78, 5) is 0. The van der Waals surface area contributed by atoms with Gasteiger partial charge in [0.2, 0.25) is 0 Å². The SMILES string of the molecule is c1ccc2c(c1)Oc1ccc(-c3cccc4c3-c3ccccc3C43c4cc5ccccc5cc4-c4c3ccc3ccccc43)cc1C21c2ccccc2-c2ccccc21. The van der Waals surface area contributed by atoms with Crippen molar-refractivity contribution < 1.29 is 4.74 Å². The number of benzene rings is 10. The van der Waals surface area contributed by atoms with Crippen molar-refractivity contribution in [2.45, 2.75) is 10.8 Å². The fourth-order valence-corrected chi connectivity index (χ4v) is 11.9. The highest BCUT2D eigenvalue weighted by molar-refractivity contribution is 6.09. The normalized spacial score (nSPS) is 16.5. The predicted octanol–water partition coefficient (Wildman–Crippen LogP) is 14.5. The van der Waals surface area contributed by atoms with E-state index in [1.54, 1.807) is 0 Å². The third-order valence-corrected chi connectivity index (χ3v) is 14.1. The molecule has 0 N–H and O–H groups in total. The molecule has 4 aliphatic rings. The topological polar surface area (TPSA) is 9.23 Å². The molecule has 272 valence electrons. The van der Waals surface area contributed by atoms with Crippen LogP contribution in [0.3, 0.4) is 0 Å². The first-order valence-electron chi connectivity index (χ1n) is 20.7. The lowest BCUT2D eigenvalue weighted by molar-refractivity contribution is 0.436. The lowest BCUT2D eigenvalue weighted by Gasteiger charge is -2.39. The molecule has 14 rings (SSSR count). The smallest absolute Gasteiger partial charge is 0.132 e. The summed E-state index contributed by atoms with van der Waals surface area (Å²) < 4.78 is 6.86. The lowest BCUT2D eigenvalue weighted by atomic mass is 9.65. The summed E-state index contributed by atoms with van der Waals surface area (Å²) in [5.41, 5.74) is 19.6. The zero-order chi connectivity index (χ0) is 38.5. The van der Waals surface area contributed by atoms with Crippen molar-refractivity contribution in [3.63, 3.8) is 0 Å². The maximum absolute atomic E-state index is 6.86. The Kier molecular flexibility index (Phi) is 5.96. The van der Waals surface area contributed by atoms with Crippen molar-refractivity contribution >= 4 is 21.5 Å². The molecular formula is C58H34O. The standard InChI is InChI=1S/C58H34O/c1-2-16-37-33-51-44(32-36(37)15-1)56-39-17-4-3-14-35(39)28-30-50(56)58(51)47-24-10-7-20-43(47)55-40(21-13-26-49(55)58)38-29-31-54-52(34-38)57(48-25-11-12-27-53(48)59-54)45-22-8-5-18-41(45)42-19-6-9-23-46(42)57/h1-34H. The summed E-state index contributed by atoms with van der Waals surface area (Å²) in [5, 5.41) is 5.11. The third kappa shape index (κ3) is 3.73. The maximum Gasteiger partial charge on any atom is 0.132 e. The van der Waals surface area contributed by atoms with E-state index in [-0.39, 0.29) is 0 Å². The van der Waals surface area contributed by atoms with E-state index < -0.39 is 10.8 Å². The van der Waals surface area contributed by atoms with Crippen molar-refractivity contribution in [1.29, 1.82) is 0 Å². The first-order chi connectivity index (χ1) is 29.3. The van der Waals surface area contributed by atoms with Crippen LogP contribution in [0.4, 0.5) is 0 Å². The van der Waals surface area contributed by atoms with E-state index in [2.05, 4.69) is 206 Å². The van der Waals surface area contributed by atoms with Crippen LogP contribution in [0.5, 0.6) is 11.5 Å². The second-order valence-electron chi connectivity index (χ2n) is 16.6. The van der Waals surface area contributed by atoms with E-state index in [0.29, 0.717) is 0 Å². The zero-order valence-electron chi connectivity index (χ0n) is 32.0. The number of rotatable bonds is 1. The van der Waals surface area contributed by atoms with Crippen molar-refractivity contribution in [3.8, 4) is 56.0 Å². The number of hydrogen-bond donors (Lipinski definition) is 0. The molecule has 10 aromatic carbocycles. The Hall–Kier alpha value is -7.48. The highest BCUT2D eigenvalue weighted by Gasteiger charge is 2.54. The molecule has 1 nitrogen and oxygen atoms in total. The van der Waals surface area contributed by atoms with Gasteiger partial charge < -0.3 is 4.74 Å². The molecule has 0 fully saturated rings. The molecule has 0 aromatic heterocycles. The van der Waals surface area contributed by atoms with E-state index in [4.69, 9.17) is 4.74 Å². The summed E-state index contributed by atoms with van der Waals surface area (Å²) in [5.74, 6) is 1.81. The van der Waals surface area contributed by atoms with Gasteiger partial charge in [0, 0.05) is 11.1 Å². The highest BCUT2D eigenvalue weighted by atomic mass is 16.5. The largest absolute Gasteiger partial charge is 0.457 e. The zero-order valence-corrected chi connectivity index (χ0v) is 32.0. The molecule has 2 spiro atoms. The molecule has 0 saturated heterocycles. The molecule has 0 bridgehead atoms. The molecule has 1 heterocycles. The number of ether oxygens (including phenoxy) is 1. The molecule has 1 atom stereocenters. The van der Waals surface area contributed by atoms with Gasteiger partial charge in [-0.2, -0.15) is 0 Å². The Balaban J connectivity index is 1.08. The maximum atomic E-state index is 6.86. The van der Waals surface area contributed by atoms with Crippen LogP contribution in [0, 0.1) is 0 Å². The second-order valence-corrected chi connectivity index (χ2v) is 16.6. The van der Waals surface area contributed by atoms with E-state index in [1.165, 1.54) is 111 Å². The molecule has 0 radical (unpaired) electrons. The molecule has 3 aliphatic carbocycles. The first-order valence-corrected chi connectivity index (χ1v) is 20.7. The van der Waals surface area contributed by atoms with Gasteiger partial charge in [-0.1, -0.05) is 176 Å². The molecule has 0 saturated carbocycles. The van der Waals surface area contributed by atoms with E-state index in [9.17, 15) is 0 Å². The molecule has 1 heteroatoms. The average Bonchev–Trinajstić information content (AvgIpc) is 3.88. The van der Waals surface area contributed by atoms with Gasteiger partial charge in [0.15, 0.2) is 0 Å². The Morgan fingerprint density at radius 2 is 0.814 bits per heavy atom. The van der Waals surface area contributed by atoms with Gasteiger partial charge in [0.05, 0.1) is 10.8 Å². The van der Waals surface area contributed by atoms with Crippen molar-refractivity contribution in [1.82, 2.24) is 0 Å². The Morgan fingerprint density at radius 1 is 0.271 bits per heavy atom. The Labute approximate surface area is 342 Å². The number of hydrogen-bond acceptors (Lipinski definition) is 1. The number of para-hydroxylation sites is 1. The molecule has 59 heavy (non-hydrogen) atoms. The van der Waals surface area contributed by atoms with Crippen LogP contribution < -0.4 is 4.74 Å². The van der Waals surface area contributed by atoms with Gasteiger partial charge in [0.25, 0.3) is 0 Å². The van der Waals surface area contributed by atoms with Gasteiger partial charge in [-0.25, -0.2) is 0 Å². The third-order valence-electron chi connectivity index (χ3n) is 14.1. The van der Waals surface area contributed by atoms with Crippen LogP contribution in [0.2, 0.25) is 0 Å². The summed E-state index contributed by atoms with van der Waals surface area (Å²) in [6.45, 7) is 0. The minimum atomic E-state index is -0.532. The molecule has 1 aliphatic heterocycles. The van der Waals surface area contributed by atoms with Crippen LogP contribution in [-0.4, -0.2) is 0 Å². The summed E-state index contributed by atoms with van der Waals surface area (Å²) in [6.07, 6.45) is 0. The van der Waals surface area contributed by atoms with Crippen LogP contribution in [-0.2, 0) is 10.8 Å². The minimum absolute atomic E-state index is 0.485. The van der Waals surface area contributed by atoms with Crippen LogP contribution in [0.15, 0.2) is 206 Å². The quantitative estimate of drug-likeness (QED) is 0.163. The summed E-state index contributed by atoms with van der Waals surface area (Å²) in [6, 6.07) is 77.3. The van der Waals surface area contributed by atoms with Crippen LogP contribution in [0.1, 0.15) is 44.5 Å². The molecule has 0 amide bonds. The number of fused-ring (bicyclic) bond motifs is 22. The van der Waals surface area contributed by atoms with Gasteiger partial charge in [-0.05, 0) is 130 Å². The van der Waals surface area contributed by atoms with E-state index in [1.807, 2.05) is 0 Å².